The molecule has 2 rings (SSSR count). The van der Waals surface area contributed by atoms with Gasteiger partial charge in [-0.3, -0.25) is 4.79 Å². The molecule has 0 aromatic heterocycles. The van der Waals surface area contributed by atoms with Gasteiger partial charge >= 0.3 is 6.18 Å². The predicted octanol–water partition coefficient (Wildman–Crippen LogP) is 4.28. The van der Waals surface area contributed by atoms with Crippen LogP contribution in [0.3, 0.4) is 0 Å². The summed E-state index contributed by atoms with van der Waals surface area (Å²) in [5.74, 6) is -0.0824. The van der Waals surface area contributed by atoms with E-state index in [4.69, 9.17) is 14.2 Å². The lowest BCUT2D eigenvalue weighted by Crippen LogP contribution is -2.14. The van der Waals surface area contributed by atoms with Crippen LogP contribution in [0.2, 0.25) is 0 Å². The Balaban J connectivity index is 2.40. The van der Waals surface area contributed by atoms with Crippen LogP contribution >= 0.6 is 0 Å². The van der Waals surface area contributed by atoms with Crippen molar-refractivity contribution in [3.05, 3.63) is 53.1 Å². The number of halogens is 3. The lowest BCUT2D eigenvalue weighted by molar-refractivity contribution is -0.137. The number of alkyl halides is 3. The van der Waals surface area contributed by atoms with Gasteiger partial charge in [0.1, 0.15) is 11.6 Å². The third kappa shape index (κ3) is 4.99. The molecule has 0 fully saturated rings. The zero-order chi connectivity index (χ0) is 21.6. The standard InChI is InChI=1S/C20H17F3N2O4/c1-27-16-9-14(10-17(28-2)18(16)29-3)25-19(26)13(11-24)8-12-6-4-5-7-15(12)20(21,22)23/h4-10H,1-3H3,(H,25,26)/b13-8+. The zero-order valence-corrected chi connectivity index (χ0v) is 15.8. The average molecular weight is 406 g/mol. The van der Waals surface area contributed by atoms with E-state index < -0.39 is 23.2 Å². The maximum atomic E-state index is 13.1. The molecule has 0 spiro atoms. The first kappa shape index (κ1) is 21.6. The Morgan fingerprint density at radius 3 is 2.14 bits per heavy atom. The summed E-state index contributed by atoms with van der Waals surface area (Å²) in [4.78, 5) is 12.5. The van der Waals surface area contributed by atoms with Crippen molar-refractivity contribution in [2.45, 2.75) is 6.18 Å². The highest BCUT2D eigenvalue weighted by molar-refractivity contribution is 6.10. The van der Waals surface area contributed by atoms with Gasteiger partial charge in [-0.15, -0.1) is 0 Å². The minimum absolute atomic E-state index is 0.203. The number of methoxy groups -OCH3 is 3. The zero-order valence-electron chi connectivity index (χ0n) is 15.8. The van der Waals surface area contributed by atoms with Gasteiger partial charge in [-0.25, -0.2) is 0 Å². The molecular weight excluding hydrogens is 389 g/mol. The molecule has 1 N–H and O–H groups in total. The van der Waals surface area contributed by atoms with Crippen molar-refractivity contribution in [2.24, 2.45) is 0 Å². The molecule has 0 saturated heterocycles. The molecule has 9 heteroatoms. The average Bonchev–Trinajstić information content (AvgIpc) is 2.70. The lowest BCUT2D eigenvalue weighted by atomic mass is 10.0. The molecule has 2 aromatic rings. The van der Waals surface area contributed by atoms with Gasteiger partial charge in [0.25, 0.3) is 5.91 Å². The Bertz CT molecular complexity index is 953. The summed E-state index contributed by atoms with van der Waals surface area (Å²) in [6, 6.07) is 9.13. The fourth-order valence-corrected chi connectivity index (χ4v) is 2.54. The number of ether oxygens (including phenoxy) is 3. The molecule has 6 nitrogen and oxygen atoms in total. The highest BCUT2D eigenvalue weighted by atomic mass is 19.4. The summed E-state index contributed by atoms with van der Waals surface area (Å²) >= 11 is 0. The number of carbonyl (C=O) groups excluding carboxylic acids is 1. The minimum Gasteiger partial charge on any atom is -0.493 e. The number of hydrogen-bond acceptors (Lipinski definition) is 5. The van der Waals surface area contributed by atoms with Crippen molar-refractivity contribution < 1.29 is 32.2 Å². The molecular formula is C20H17F3N2O4. The van der Waals surface area contributed by atoms with Gasteiger partial charge in [-0.05, 0) is 17.7 Å². The molecule has 2 aromatic carbocycles. The third-order valence-corrected chi connectivity index (χ3v) is 3.85. The molecule has 0 radical (unpaired) electrons. The van der Waals surface area contributed by atoms with E-state index in [0.29, 0.717) is 5.75 Å². The number of nitrogens with one attached hydrogen (secondary N) is 1. The van der Waals surface area contributed by atoms with Gasteiger partial charge in [0.05, 0.1) is 26.9 Å². The maximum absolute atomic E-state index is 13.1. The number of nitriles is 1. The van der Waals surface area contributed by atoms with Crippen molar-refractivity contribution in [3.63, 3.8) is 0 Å². The highest BCUT2D eigenvalue weighted by Crippen LogP contribution is 2.40. The van der Waals surface area contributed by atoms with Gasteiger partial charge in [-0.1, -0.05) is 18.2 Å². The normalized spacial score (nSPS) is 11.4. The molecule has 29 heavy (non-hydrogen) atoms. The van der Waals surface area contributed by atoms with E-state index in [1.807, 2.05) is 0 Å². The fourth-order valence-electron chi connectivity index (χ4n) is 2.54. The van der Waals surface area contributed by atoms with Crippen molar-refractivity contribution in [3.8, 4) is 23.3 Å². The molecule has 152 valence electrons. The SMILES string of the molecule is COc1cc(NC(=O)/C(C#N)=C/c2ccccc2C(F)(F)F)cc(OC)c1OC. The molecule has 0 aliphatic rings. The van der Waals surface area contributed by atoms with Crippen LogP contribution < -0.4 is 19.5 Å². The molecule has 0 heterocycles. The van der Waals surface area contributed by atoms with Crippen LogP contribution in [0.1, 0.15) is 11.1 Å². The summed E-state index contributed by atoms with van der Waals surface area (Å²) in [5, 5.41) is 11.7. The van der Waals surface area contributed by atoms with Crippen molar-refractivity contribution in [1.82, 2.24) is 0 Å². The number of nitrogens with zero attached hydrogens (tertiary/aromatic N) is 1. The Labute approximate surface area is 165 Å². The summed E-state index contributed by atoms with van der Waals surface area (Å²) < 4.78 is 54.9. The van der Waals surface area contributed by atoms with Crippen LogP contribution in [-0.2, 0) is 11.0 Å². The van der Waals surface area contributed by atoms with E-state index in [9.17, 15) is 23.2 Å². The largest absolute Gasteiger partial charge is 0.493 e. The van der Waals surface area contributed by atoms with Crippen LogP contribution in [0.15, 0.2) is 42.0 Å². The van der Waals surface area contributed by atoms with Gasteiger partial charge in [0.15, 0.2) is 11.5 Å². The summed E-state index contributed by atoms with van der Waals surface area (Å²) in [6.07, 6.45) is -3.74. The number of rotatable bonds is 6. The number of anilines is 1. The van der Waals surface area contributed by atoms with Crippen LogP contribution in [0, 0.1) is 11.3 Å². The molecule has 0 aliphatic carbocycles. The van der Waals surface area contributed by atoms with Crippen molar-refractivity contribution >= 4 is 17.7 Å². The summed E-state index contributed by atoms with van der Waals surface area (Å²) in [7, 11) is 4.18. The first-order valence-electron chi connectivity index (χ1n) is 8.14. The second-order valence-electron chi connectivity index (χ2n) is 5.62. The number of benzene rings is 2. The summed E-state index contributed by atoms with van der Waals surface area (Å²) in [5.41, 5.74) is -1.55. The van der Waals surface area contributed by atoms with E-state index >= 15 is 0 Å². The number of carbonyl (C=O) groups is 1. The fraction of sp³-hybridized carbons (Fsp3) is 0.200. The quantitative estimate of drug-likeness (QED) is 0.572. The Hall–Kier alpha value is -3.67. The maximum Gasteiger partial charge on any atom is 0.416 e. The molecule has 0 atom stereocenters. The number of hydrogen-bond donors (Lipinski definition) is 1. The van der Waals surface area contributed by atoms with Crippen LogP contribution in [-0.4, -0.2) is 27.2 Å². The monoisotopic (exact) mass is 406 g/mol. The van der Waals surface area contributed by atoms with Gasteiger partial charge < -0.3 is 19.5 Å². The van der Waals surface area contributed by atoms with E-state index in [1.54, 1.807) is 6.07 Å². The van der Waals surface area contributed by atoms with Gasteiger partial charge in [0, 0.05) is 17.8 Å². The molecule has 1 amide bonds. The lowest BCUT2D eigenvalue weighted by Gasteiger charge is -2.14. The Kier molecular flexibility index (Phi) is 6.72. The van der Waals surface area contributed by atoms with Gasteiger partial charge in [0.2, 0.25) is 5.75 Å². The Morgan fingerprint density at radius 2 is 1.66 bits per heavy atom. The first-order chi connectivity index (χ1) is 13.7. The van der Waals surface area contributed by atoms with E-state index in [0.717, 1.165) is 12.1 Å². The summed E-state index contributed by atoms with van der Waals surface area (Å²) in [6.45, 7) is 0. The molecule has 0 saturated carbocycles. The van der Waals surface area contributed by atoms with E-state index in [2.05, 4.69) is 5.32 Å². The predicted molar refractivity (Wildman–Crippen MR) is 99.8 cm³/mol. The number of amides is 1. The highest BCUT2D eigenvalue weighted by Gasteiger charge is 2.32. The molecule has 0 aliphatic heterocycles. The van der Waals surface area contributed by atoms with Crippen molar-refractivity contribution in [2.75, 3.05) is 26.6 Å². The minimum atomic E-state index is -4.62. The smallest absolute Gasteiger partial charge is 0.416 e. The van der Waals surface area contributed by atoms with Crippen molar-refractivity contribution in [1.29, 1.82) is 5.26 Å². The third-order valence-electron chi connectivity index (χ3n) is 3.85. The molecule has 0 unspecified atom stereocenters. The van der Waals surface area contributed by atoms with Crippen LogP contribution in [0.4, 0.5) is 18.9 Å². The van der Waals surface area contributed by atoms with Gasteiger partial charge in [-0.2, -0.15) is 18.4 Å². The second-order valence-corrected chi connectivity index (χ2v) is 5.62. The van der Waals surface area contributed by atoms with Crippen LogP contribution in [0.5, 0.6) is 17.2 Å². The second kappa shape index (κ2) is 9.01. The van der Waals surface area contributed by atoms with E-state index in [1.165, 1.54) is 51.7 Å². The van der Waals surface area contributed by atoms with Crippen LogP contribution in [0.25, 0.3) is 6.08 Å². The van der Waals surface area contributed by atoms with E-state index in [-0.39, 0.29) is 22.7 Å². The molecule has 0 bridgehead atoms. The topological polar surface area (TPSA) is 80.6 Å². The first-order valence-corrected chi connectivity index (χ1v) is 8.14. The Morgan fingerprint density at radius 1 is 1.07 bits per heavy atom.